The second-order valence-electron chi connectivity index (χ2n) is 8.65. The number of primary amides is 1. The summed E-state index contributed by atoms with van der Waals surface area (Å²) in [6.45, 7) is 3.83. The molecule has 0 heterocycles. The molecule has 0 bridgehead atoms. The quantitative estimate of drug-likeness (QED) is 0.0935. The van der Waals surface area contributed by atoms with Crippen LogP contribution in [0.25, 0.3) is 0 Å². The van der Waals surface area contributed by atoms with E-state index in [1.807, 2.05) is 0 Å². The SMILES string of the molecule is CC(C)CC(NC(=O)C(CC(=O)O)NC(=O)C(CCCCN)NC(=O)C(N)CCC(N)=O)C(=O)O. The molecule has 14 heteroatoms. The molecule has 35 heavy (non-hydrogen) atoms. The van der Waals surface area contributed by atoms with Crippen LogP contribution in [-0.4, -0.2) is 76.5 Å². The molecule has 11 N–H and O–H groups in total. The summed E-state index contributed by atoms with van der Waals surface area (Å²) in [5.41, 5.74) is 16.3. The molecule has 0 rings (SSSR count). The number of carboxylic acid groups (broad SMARTS) is 2. The molecular weight excluding hydrogens is 464 g/mol. The molecule has 0 aliphatic rings. The molecule has 0 aliphatic heterocycles. The number of carbonyl (C=O) groups is 6. The Labute approximate surface area is 203 Å². The first-order chi connectivity index (χ1) is 16.3. The van der Waals surface area contributed by atoms with Gasteiger partial charge in [-0.15, -0.1) is 0 Å². The number of aliphatic carboxylic acids is 2. The number of hydrogen-bond donors (Lipinski definition) is 8. The van der Waals surface area contributed by atoms with Crippen molar-refractivity contribution in [1.82, 2.24) is 16.0 Å². The summed E-state index contributed by atoms with van der Waals surface area (Å²) >= 11 is 0. The zero-order chi connectivity index (χ0) is 27.1. The van der Waals surface area contributed by atoms with E-state index < -0.39 is 66.2 Å². The number of nitrogens with two attached hydrogens (primary N) is 3. The third kappa shape index (κ3) is 13.9. The van der Waals surface area contributed by atoms with Crippen LogP contribution in [0.4, 0.5) is 0 Å². The molecule has 200 valence electrons. The van der Waals surface area contributed by atoms with Gasteiger partial charge in [0, 0.05) is 6.42 Å². The van der Waals surface area contributed by atoms with Crippen molar-refractivity contribution in [2.75, 3.05) is 6.54 Å². The highest BCUT2D eigenvalue weighted by atomic mass is 16.4. The van der Waals surface area contributed by atoms with E-state index in [1.54, 1.807) is 13.8 Å². The molecule has 0 aliphatic carbocycles. The number of unbranched alkanes of at least 4 members (excludes halogenated alkanes) is 1. The minimum absolute atomic E-state index is 0.0468. The lowest BCUT2D eigenvalue weighted by Gasteiger charge is -2.25. The Morgan fingerprint density at radius 1 is 0.800 bits per heavy atom. The summed E-state index contributed by atoms with van der Waals surface area (Å²) in [5, 5.41) is 25.5. The minimum atomic E-state index is -1.59. The summed E-state index contributed by atoms with van der Waals surface area (Å²) < 4.78 is 0. The third-order valence-corrected chi connectivity index (χ3v) is 4.95. The molecule has 0 spiro atoms. The van der Waals surface area contributed by atoms with Gasteiger partial charge in [0.25, 0.3) is 0 Å². The molecule has 0 fully saturated rings. The molecule has 0 aromatic heterocycles. The Hall–Kier alpha value is -3.26. The molecule has 0 aromatic rings. The first-order valence-corrected chi connectivity index (χ1v) is 11.4. The Morgan fingerprint density at radius 2 is 1.34 bits per heavy atom. The first kappa shape index (κ1) is 31.7. The van der Waals surface area contributed by atoms with E-state index >= 15 is 0 Å². The van der Waals surface area contributed by atoms with E-state index in [9.17, 15) is 39.0 Å². The van der Waals surface area contributed by atoms with Crippen LogP contribution in [-0.2, 0) is 28.8 Å². The van der Waals surface area contributed by atoms with Gasteiger partial charge in [-0.1, -0.05) is 13.8 Å². The van der Waals surface area contributed by atoms with Gasteiger partial charge in [0.15, 0.2) is 0 Å². The molecule has 0 aromatic carbocycles. The van der Waals surface area contributed by atoms with Crippen molar-refractivity contribution in [2.45, 2.75) is 83.0 Å². The van der Waals surface area contributed by atoms with E-state index in [2.05, 4.69) is 16.0 Å². The minimum Gasteiger partial charge on any atom is -0.481 e. The van der Waals surface area contributed by atoms with Gasteiger partial charge in [0.2, 0.25) is 23.6 Å². The number of amides is 4. The van der Waals surface area contributed by atoms with Crippen molar-refractivity contribution >= 4 is 35.6 Å². The fraction of sp³-hybridized carbons (Fsp3) is 0.714. The molecule has 4 amide bonds. The molecular formula is C21H38N6O8. The lowest BCUT2D eigenvalue weighted by atomic mass is 10.0. The number of carboxylic acids is 2. The highest BCUT2D eigenvalue weighted by Crippen LogP contribution is 2.08. The lowest BCUT2D eigenvalue weighted by molar-refractivity contribution is -0.144. The summed E-state index contributed by atoms with van der Waals surface area (Å²) in [6, 6.07) is -5.17. The molecule has 0 saturated carbocycles. The number of carbonyl (C=O) groups excluding carboxylic acids is 4. The Bertz CT molecular complexity index is 760. The van der Waals surface area contributed by atoms with Crippen molar-refractivity contribution in [3.63, 3.8) is 0 Å². The van der Waals surface area contributed by atoms with Crippen LogP contribution in [0.15, 0.2) is 0 Å². The maximum absolute atomic E-state index is 12.9. The van der Waals surface area contributed by atoms with Crippen molar-refractivity contribution in [2.24, 2.45) is 23.1 Å². The maximum atomic E-state index is 12.9. The summed E-state index contributed by atoms with van der Waals surface area (Å²) in [6.07, 6.45) is 0.167. The van der Waals surface area contributed by atoms with Crippen molar-refractivity contribution in [1.29, 1.82) is 0 Å². The highest BCUT2D eigenvalue weighted by Gasteiger charge is 2.31. The van der Waals surface area contributed by atoms with Crippen LogP contribution in [0.2, 0.25) is 0 Å². The highest BCUT2D eigenvalue weighted by molar-refractivity contribution is 5.95. The number of rotatable bonds is 18. The largest absolute Gasteiger partial charge is 0.481 e. The molecule has 14 nitrogen and oxygen atoms in total. The third-order valence-electron chi connectivity index (χ3n) is 4.95. The second kappa shape index (κ2) is 16.4. The summed E-state index contributed by atoms with van der Waals surface area (Å²) in [4.78, 5) is 71.6. The van der Waals surface area contributed by atoms with Crippen molar-refractivity contribution in [3.8, 4) is 0 Å². The van der Waals surface area contributed by atoms with Gasteiger partial charge in [0.1, 0.15) is 18.1 Å². The normalized spacial score (nSPS) is 14.3. The second-order valence-corrected chi connectivity index (χ2v) is 8.65. The van der Waals surface area contributed by atoms with Crippen LogP contribution < -0.4 is 33.2 Å². The standard InChI is InChI=1S/C21H38N6O8/c1-11(2)9-15(21(34)35)27-20(33)14(10-17(29)30)26-19(32)13(5-3-4-8-22)25-18(31)12(23)6-7-16(24)28/h11-15H,3-10,22-23H2,1-2H3,(H2,24,28)(H,25,31)(H,26,32)(H,27,33)(H,29,30)(H,34,35). The van der Waals surface area contributed by atoms with Gasteiger partial charge in [-0.25, -0.2) is 4.79 Å². The van der Waals surface area contributed by atoms with Crippen molar-refractivity contribution < 1.29 is 39.0 Å². The monoisotopic (exact) mass is 502 g/mol. The van der Waals surface area contributed by atoms with E-state index in [1.165, 1.54) is 0 Å². The zero-order valence-corrected chi connectivity index (χ0v) is 20.1. The zero-order valence-electron chi connectivity index (χ0n) is 20.1. The topological polar surface area (TPSA) is 257 Å². The fourth-order valence-electron chi connectivity index (χ4n) is 3.09. The summed E-state index contributed by atoms with van der Waals surface area (Å²) in [7, 11) is 0. The van der Waals surface area contributed by atoms with Crippen LogP contribution in [0, 0.1) is 5.92 Å². The van der Waals surface area contributed by atoms with Gasteiger partial charge >= 0.3 is 11.9 Å². The van der Waals surface area contributed by atoms with Crippen LogP contribution in [0.3, 0.4) is 0 Å². The number of hydrogen-bond acceptors (Lipinski definition) is 8. The Morgan fingerprint density at radius 3 is 1.83 bits per heavy atom. The summed E-state index contributed by atoms with van der Waals surface area (Å²) in [5.74, 6) is -6.01. The smallest absolute Gasteiger partial charge is 0.326 e. The molecule has 4 unspecified atom stereocenters. The first-order valence-electron chi connectivity index (χ1n) is 11.4. The van der Waals surface area contributed by atoms with E-state index in [0.717, 1.165) is 0 Å². The average Bonchev–Trinajstić information content (AvgIpc) is 2.74. The Kier molecular flexibility index (Phi) is 14.9. The fourth-order valence-corrected chi connectivity index (χ4v) is 3.09. The van der Waals surface area contributed by atoms with Crippen LogP contribution >= 0.6 is 0 Å². The lowest BCUT2D eigenvalue weighted by Crippen LogP contribution is -2.57. The average molecular weight is 503 g/mol. The number of nitrogens with one attached hydrogen (secondary N) is 3. The van der Waals surface area contributed by atoms with Gasteiger partial charge in [-0.2, -0.15) is 0 Å². The van der Waals surface area contributed by atoms with Gasteiger partial charge in [-0.3, -0.25) is 24.0 Å². The van der Waals surface area contributed by atoms with Gasteiger partial charge in [0.05, 0.1) is 12.5 Å². The maximum Gasteiger partial charge on any atom is 0.326 e. The van der Waals surface area contributed by atoms with E-state index in [-0.39, 0.29) is 31.6 Å². The van der Waals surface area contributed by atoms with Gasteiger partial charge in [-0.05, 0) is 44.6 Å². The predicted molar refractivity (Wildman–Crippen MR) is 124 cm³/mol. The van der Waals surface area contributed by atoms with E-state index in [0.29, 0.717) is 19.4 Å². The van der Waals surface area contributed by atoms with Gasteiger partial charge < -0.3 is 43.4 Å². The molecule has 0 radical (unpaired) electrons. The van der Waals surface area contributed by atoms with Crippen LogP contribution in [0.1, 0.15) is 58.8 Å². The van der Waals surface area contributed by atoms with E-state index in [4.69, 9.17) is 17.2 Å². The predicted octanol–water partition coefficient (Wildman–Crippen LogP) is -2.23. The molecule has 0 saturated heterocycles. The van der Waals surface area contributed by atoms with Crippen LogP contribution in [0.5, 0.6) is 0 Å². The molecule has 4 atom stereocenters. The van der Waals surface area contributed by atoms with Crippen molar-refractivity contribution in [3.05, 3.63) is 0 Å². The Balaban J connectivity index is 5.51.